The zero-order valence-electron chi connectivity index (χ0n) is 12.5. The van der Waals surface area contributed by atoms with E-state index in [1.54, 1.807) is 36.4 Å². The molecule has 22 heavy (non-hydrogen) atoms. The summed E-state index contributed by atoms with van der Waals surface area (Å²) in [5.41, 5.74) is 1.56. The van der Waals surface area contributed by atoms with E-state index in [0.29, 0.717) is 15.6 Å². The van der Waals surface area contributed by atoms with E-state index in [1.807, 2.05) is 12.1 Å². The van der Waals surface area contributed by atoms with Gasteiger partial charge in [0.15, 0.2) is 5.78 Å². The number of halogens is 2. The van der Waals surface area contributed by atoms with Crippen molar-refractivity contribution in [1.82, 2.24) is 5.32 Å². The summed E-state index contributed by atoms with van der Waals surface area (Å²) < 4.78 is 0. The summed E-state index contributed by atoms with van der Waals surface area (Å²) in [5.74, 6) is 0.0371. The lowest BCUT2D eigenvalue weighted by Gasteiger charge is -2.18. The van der Waals surface area contributed by atoms with Crippen LogP contribution >= 0.6 is 23.2 Å². The van der Waals surface area contributed by atoms with Gasteiger partial charge in [0.05, 0.1) is 6.04 Å². The van der Waals surface area contributed by atoms with E-state index in [1.165, 1.54) is 0 Å². The highest BCUT2D eigenvalue weighted by atomic mass is 35.5. The fraction of sp³-hybridized carbons (Fsp3) is 0.278. The van der Waals surface area contributed by atoms with Gasteiger partial charge in [-0.1, -0.05) is 48.7 Å². The average molecular weight is 336 g/mol. The highest BCUT2D eigenvalue weighted by Crippen LogP contribution is 2.22. The molecule has 1 atom stereocenters. The van der Waals surface area contributed by atoms with E-state index in [0.717, 1.165) is 24.9 Å². The third-order valence-electron chi connectivity index (χ3n) is 3.47. The molecule has 4 heteroatoms. The maximum Gasteiger partial charge on any atom is 0.184 e. The highest BCUT2D eigenvalue weighted by Gasteiger charge is 2.21. The van der Waals surface area contributed by atoms with E-state index in [-0.39, 0.29) is 11.8 Å². The zero-order chi connectivity index (χ0) is 15.9. The van der Waals surface area contributed by atoms with Crippen LogP contribution in [-0.4, -0.2) is 12.3 Å². The van der Waals surface area contributed by atoms with E-state index >= 15 is 0 Å². The summed E-state index contributed by atoms with van der Waals surface area (Å²) in [4.78, 5) is 12.8. The molecule has 0 spiro atoms. The molecule has 0 aromatic heterocycles. The van der Waals surface area contributed by atoms with Crippen molar-refractivity contribution in [2.24, 2.45) is 0 Å². The molecular formula is C18H19Cl2NO. The minimum atomic E-state index is -0.370. The van der Waals surface area contributed by atoms with Gasteiger partial charge in [0, 0.05) is 15.6 Å². The van der Waals surface area contributed by atoms with Crippen LogP contribution in [0.2, 0.25) is 10.0 Å². The smallest absolute Gasteiger partial charge is 0.184 e. The molecule has 0 saturated heterocycles. The van der Waals surface area contributed by atoms with Gasteiger partial charge < -0.3 is 5.32 Å². The van der Waals surface area contributed by atoms with Gasteiger partial charge in [-0.3, -0.25) is 4.79 Å². The van der Waals surface area contributed by atoms with Gasteiger partial charge in [0.1, 0.15) is 0 Å². The van der Waals surface area contributed by atoms with Crippen molar-refractivity contribution in [2.45, 2.75) is 25.8 Å². The Labute approximate surface area is 141 Å². The minimum absolute atomic E-state index is 0.0371. The Bertz CT molecular complexity index is 608. The Morgan fingerprint density at radius 2 is 1.55 bits per heavy atom. The van der Waals surface area contributed by atoms with Gasteiger partial charge in [-0.05, 0) is 54.9 Å². The molecule has 0 aliphatic rings. The monoisotopic (exact) mass is 335 g/mol. The number of hydrogen-bond donors (Lipinski definition) is 1. The quantitative estimate of drug-likeness (QED) is 0.548. The van der Waals surface area contributed by atoms with Crippen LogP contribution in [0.5, 0.6) is 0 Å². The van der Waals surface area contributed by atoms with Crippen LogP contribution in [0, 0.1) is 0 Å². The number of benzene rings is 2. The maximum absolute atomic E-state index is 12.8. The molecule has 0 aliphatic carbocycles. The lowest BCUT2D eigenvalue weighted by molar-refractivity contribution is 0.0943. The first-order valence-corrected chi connectivity index (χ1v) is 8.16. The molecule has 1 unspecified atom stereocenters. The van der Waals surface area contributed by atoms with Crippen molar-refractivity contribution in [2.75, 3.05) is 6.54 Å². The van der Waals surface area contributed by atoms with Gasteiger partial charge in [-0.25, -0.2) is 0 Å². The molecule has 2 aromatic rings. The molecule has 1 N–H and O–H groups in total. The fourth-order valence-electron chi connectivity index (χ4n) is 2.22. The Morgan fingerprint density at radius 1 is 1.00 bits per heavy atom. The van der Waals surface area contributed by atoms with Crippen molar-refractivity contribution in [3.05, 3.63) is 69.7 Å². The molecule has 0 heterocycles. The molecule has 0 aliphatic heterocycles. The second-order valence-electron chi connectivity index (χ2n) is 5.16. The van der Waals surface area contributed by atoms with Crippen LogP contribution in [0.15, 0.2) is 48.5 Å². The first kappa shape index (κ1) is 17.0. The van der Waals surface area contributed by atoms with Gasteiger partial charge in [-0.2, -0.15) is 0 Å². The summed E-state index contributed by atoms with van der Waals surface area (Å²) in [6.45, 7) is 2.92. The normalized spacial score (nSPS) is 12.1. The molecular weight excluding hydrogens is 317 g/mol. The lowest BCUT2D eigenvalue weighted by atomic mass is 9.97. The number of carbonyl (C=O) groups is 1. The molecule has 116 valence electrons. The van der Waals surface area contributed by atoms with Crippen molar-refractivity contribution in [3.8, 4) is 0 Å². The Morgan fingerprint density at radius 3 is 2.09 bits per heavy atom. The third kappa shape index (κ3) is 4.57. The molecule has 2 rings (SSSR count). The summed E-state index contributed by atoms with van der Waals surface area (Å²) in [7, 11) is 0. The van der Waals surface area contributed by atoms with E-state index in [4.69, 9.17) is 23.2 Å². The summed E-state index contributed by atoms with van der Waals surface area (Å²) in [6.07, 6.45) is 2.10. The standard InChI is InChI=1S/C18H19Cl2NO/c1-2-3-12-21-17(13-4-8-15(19)9-5-13)18(22)14-6-10-16(20)11-7-14/h4-11,17,21H,2-3,12H2,1H3. The SMILES string of the molecule is CCCCNC(C(=O)c1ccc(Cl)cc1)c1ccc(Cl)cc1. The number of rotatable bonds is 7. The lowest BCUT2D eigenvalue weighted by Crippen LogP contribution is -2.29. The maximum atomic E-state index is 12.8. The number of carbonyl (C=O) groups excluding carboxylic acids is 1. The van der Waals surface area contributed by atoms with Crippen molar-refractivity contribution < 1.29 is 4.79 Å². The predicted octanol–water partition coefficient (Wildman–Crippen LogP) is 5.31. The second kappa shape index (κ2) is 8.33. The number of ketones is 1. The van der Waals surface area contributed by atoms with E-state index < -0.39 is 0 Å². The van der Waals surface area contributed by atoms with Gasteiger partial charge >= 0.3 is 0 Å². The largest absolute Gasteiger partial charge is 0.303 e. The Hall–Kier alpha value is -1.35. The minimum Gasteiger partial charge on any atom is -0.303 e. The zero-order valence-corrected chi connectivity index (χ0v) is 14.0. The molecule has 2 aromatic carbocycles. The topological polar surface area (TPSA) is 29.1 Å². The first-order valence-electron chi connectivity index (χ1n) is 7.40. The highest BCUT2D eigenvalue weighted by molar-refractivity contribution is 6.31. The van der Waals surface area contributed by atoms with Crippen LogP contribution in [0.4, 0.5) is 0 Å². The summed E-state index contributed by atoms with van der Waals surface area (Å²) in [6, 6.07) is 14.0. The Balaban J connectivity index is 2.24. The van der Waals surface area contributed by atoms with Crippen LogP contribution in [-0.2, 0) is 0 Å². The van der Waals surface area contributed by atoms with Crippen molar-refractivity contribution >= 4 is 29.0 Å². The van der Waals surface area contributed by atoms with Crippen LogP contribution in [0.3, 0.4) is 0 Å². The number of unbranched alkanes of at least 4 members (excludes halogenated alkanes) is 1. The molecule has 0 radical (unpaired) electrons. The van der Waals surface area contributed by atoms with Gasteiger partial charge in [0.25, 0.3) is 0 Å². The fourth-order valence-corrected chi connectivity index (χ4v) is 2.47. The van der Waals surface area contributed by atoms with Crippen LogP contribution in [0.25, 0.3) is 0 Å². The van der Waals surface area contributed by atoms with Crippen LogP contribution < -0.4 is 5.32 Å². The predicted molar refractivity (Wildman–Crippen MR) is 92.9 cm³/mol. The molecule has 0 amide bonds. The first-order chi connectivity index (χ1) is 10.6. The van der Waals surface area contributed by atoms with Gasteiger partial charge in [0.2, 0.25) is 0 Å². The van der Waals surface area contributed by atoms with Crippen molar-refractivity contribution in [3.63, 3.8) is 0 Å². The molecule has 0 fully saturated rings. The van der Waals surface area contributed by atoms with E-state index in [9.17, 15) is 4.79 Å². The van der Waals surface area contributed by atoms with Gasteiger partial charge in [-0.15, -0.1) is 0 Å². The molecule has 0 saturated carbocycles. The molecule has 0 bridgehead atoms. The second-order valence-corrected chi connectivity index (χ2v) is 6.04. The van der Waals surface area contributed by atoms with Crippen molar-refractivity contribution in [1.29, 1.82) is 0 Å². The average Bonchev–Trinajstić information content (AvgIpc) is 2.53. The van der Waals surface area contributed by atoms with E-state index in [2.05, 4.69) is 12.2 Å². The number of nitrogens with one attached hydrogen (secondary N) is 1. The number of hydrogen-bond acceptors (Lipinski definition) is 2. The summed E-state index contributed by atoms with van der Waals surface area (Å²) >= 11 is 11.8. The summed E-state index contributed by atoms with van der Waals surface area (Å²) in [5, 5.41) is 4.63. The van der Waals surface area contributed by atoms with Crippen LogP contribution in [0.1, 0.15) is 41.7 Å². The molecule has 2 nitrogen and oxygen atoms in total. The number of Topliss-reactive ketones (excluding diaryl/α,β-unsaturated/α-hetero) is 1. The Kier molecular flexibility index (Phi) is 6.44. The third-order valence-corrected chi connectivity index (χ3v) is 3.98.